The number of likely N-dealkylation sites (tertiary alicyclic amines) is 1. The van der Waals surface area contributed by atoms with E-state index in [0.717, 1.165) is 36.1 Å². The van der Waals surface area contributed by atoms with Gasteiger partial charge < -0.3 is 9.64 Å². The summed E-state index contributed by atoms with van der Waals surface area (Å²) in [6.45, 7) is 2.13. The van der Waals surface area contributed by atoms with Crippen LogP contribution in [0.1, 0.15) is 47.7 Å². The molecule has 1 saturated carbocycles. The fourth-order valence-corrected chi connectivity index (χ4v) is 3.62. The minimum atomic E-state index is 0.0445. The van der Waals surface area contributed by atoms with Crippen molar-refractivity contribution >= 4 is 21.8 Å². The molecule has 1 amide bonds. The van der Waals surface area contributed by atoms with Gasteiger partial charge in [0.25, 0.3) is 5.91 Å². The highest BCUT2D eigenvalue weighted by Gasteiger charge is 2.26. The number of nitrogens with zero attached hydrogens (tertiary/aromatic N) is 4. The van der Waals surface area contributed by atoms with E-state index in [0.29, 0.717) is 29.9 Å². The number of pyridine rings is 1. The molecule has 4 rings (SSSR count). The normalized spacial score (nSPS) is 18.0. The molecule has 136 valence electrons. The number of carbonyl (C=O) groups excluding carboxylic acids is 1. The van der Waals surface area contributed by atoms with E-state index in [1.54, 1.807) is 18.7 Å². The average Bonchev–Trinajstić information content (AvgIpc) is 3.52. The molecule has 1 aliphatic heterocycles. The van der Waals surface area contributed by atoms with Crippen LogP contribution in [0.5, 0.6) is 5.88 Å². The summed E-state index contributed by atoms with van der Waals surface area (Å²) in [5.41, 5.74) is 1.72. The van der Waals surface area contributed by atoms with Crippen LogP contribution in [-0.4, -0.2) is 45.5 Å². The summed E-state index contributed by atoms with van der Waals surface area (Å²) >= 11 is 3.36. The first-order valence-corrected chi connectivity index (χ1v) is 9.83. The summed E-state index contributed by atoms with van der Waals surface area (Å²) in [6.07, 6.45) is 9.21. The molecule has 2 fully saturated rings. The first kappa shape index (κ1) is 17.4. The predicted octanol–water partition coefficient (Wildman–Crippen LogP) is 3.44. The van der Waals surface area contributed by atoms with Crippen molar-refractivity contribution in [1.29, 1.82) is 0 Å². The molecule has 2 aliphatic rings. The van der Waals surface area contributed by atoms with Gasteiger partial charge in [0, 0.05) is 41.9 Å². The summed E-state index contributed by atoms with van der Waals surface area (Å²) in [6, 6.07) is 3.79. The van der Waals surface area contributed by atoms with Gasteiger partial charge in [-0.1, -0.05) is 0 Å². The molecule has 7 heteroatoms. The first-order valence-electron chi connectivity index (χ1n) is 9.03. The van der Waals surface area contributed by atoms with E-state index in [1.165, 1.54) is 12.8 Å². The molecular weight excluding hydrogens is 396 g/mol. The monoisotopic (exact) mass is 416 g/mol. The lowest BCUT2D eigenvalue weighted by Gasteiger charge is -2.31. The molecular formula is C19H21BrN4O2. The van der Waals surface area contributed by atoms with Crippen LogP contribution in [0.2, 0.25) is 0 Å². The molecule has 0 spiro atoms. The van der Waals surface area contributed by atoms with Gasteiger partial charge in [-0.2, -0.15) is 0 Å². The Morgan fingerprint density at radius 1 is 1.15 bits per heavy atom. The van der Waals surface area contributed by atoms with E-state index in [-0.39, 0.29) is 5.91 Å². The number of aromatic nitrogens is 3. The Morgan fingerprint density at radius 2 is 1.96 bits per heavy atom. The number of carbonyl (C=O) groups is 1. The molecule has 1 saturated heterocycles. The van der Waals surface area contributed by atoms with Crippen LogP contribution in [0.4, 0.5) is 0 Å². The van der Waals surface area contributed by atoms with E-state index < -0.39 is 0 Å². The molecule has 0 radical (unpaired) electrons. The molecule has 0 N–H and O–H groups in total. The second-order valence-electron chi connectivity index (χ2n) is 6.99. The van der Waals surface area contributed by atoms with Gasteiger partial charge >= 0.3 is 0 Å². The first-order chi connectivity index (χ1) is 12.7. The lowest BCUT2D eigenvalue weighted by Crippen LogP contribution is -2.39. The molecule has 1 aliphatic carbocycles. The zero-order valence-corrected chi connectivity index (χ0v) is 16.1. The second kappa shape index (κ2) is 7.70. The highest BCUT2D eigenvalue weighted by molar-refractivity contribution is 9.10. The summed E-state index contributed by atoms with van der Waals surface area (Å²) in [5, 5.41) is 0. The second-order valence-corrected chi connectivity index (χ2v) is 7.91. The van der Waals surface area contributed by atoms with E-state index >= 15 is 0 Å². The molecule has 3 heterocycles. The quantitative estimate of drug-likeness (QED) is 0.746. The molecule has 2 aromatic heterocycles. The third-order valence-corrected chi connectivity index (χ3v) is 5.41. The third kappa shape index (κ3) is 4.20. The van der Waals surface area contributed by atoms with E-state index in [9.17, 15) is 4.79 Å². The van der Waals surface area contributed by atoms with Crippen LogP contribution in [0.3, 0.4) is 0 Å². The molecule has 26 heavy (non-hydrogen) atoms. The summed E-state index contributed by atoms with van der Waals surface area (Å²) in [4.78, 5) is 27.1. The summed E-state index contributed by atoms with van der Waals surface area (Å²) < 4.78 is 6.71. The maximum atomic E-state index is 12.6. The highest BCUT2D eigenvalue weighted by Crippen LogP contribution is 2.39. The lowest BCUT2D eigenvalue weighted by atomic mass is 9.97. The summed E-state index contributed by atoms with van der Waals surface area (Å²) in [7, 11) is 0. The van der Waals surface area contributed by atoms with E-state index in [2.05, 4.69) is 30.9 Å². The van der Waals surface area contributed by atoms with E-state index in [4.69, 9.17) is 4.74 Å². The van der Waals surface area contributed by atoms with Gasteiger partial charge in [0.05, 0.1) is 17.9 Å². The van der Waals surface area contributed by atoms with Crippen molar-refractivity contribution in [2.24, 2.45) is 5.92 Å². The van der Waals surface area contributed by atoms with Gasteiger partial charge in [-0.05, 0) is 53.6 Å². The molecule has 0 bridgehead atoms. The Labute approximate surface area is 161 Å². The van der Waals surface area contributed by atoms with Gasteiger partial charge in [0.2, 0.25) is 5.88 Å². The van der Waals surface area contributed by atoms with Crippen LogP contribution in [-0.2, 0) is 0 Å². The third-order valence-electron chi connectivity index (χ3n) is 4.98. The fraction of sp³-hybridized carbons (Fsp3) is 0.474. The molecule has 0 unspecified atom stereocenters. The van der Waals surface area contributed by atoms with Crippen molar-refractivity contribution in [1.82, 2.24) is 19.9 Å². The Bertz CT molecular complexity index is 789. The standard InChI is InChI=1S/C19H21BrN4O2/c20-16-7-15(9-21-10-16)19(25)24-5-3-13(4-6-24)11-26-18-8-17(14-1-2-14)22-12-23-18/h7-10,12-14H,1-6,11H2. The number of amides is 1. The predicted molar refractivity (Wildman–Crippen MR) is 100 cm³/mol. The molecule has 6 nitrogen and oxygen atoms in total. The van der Waals surface area contributed by atoms with Crippen molar-refractivity contribution in [3.8, 4) is 5.88 Å². The zero-order chi connectivity index (χ0) is 17.9. The lowest BCUT2D eigenvalue weighted by molar-refractivity contribution is 0.0658. The zero-order valence-electron chi connectivity index (χ0n) is 14.5. The number of rotatable bonds is 5. The van der Waals surface area contributed by atoms with Crippen LogP contribution >= 0.6 is 15.9 Å². The maximum Gasteiger partial charge on any atom is 0.255 e. The Morgan fingerprint density at radius 3 is 2.69 bits per heavy atom. The number of hydrogen-bond acceptors (Lipinski definition) is 5. The van der Waals surface area contributed by atoms with Crippen LogP contribution in [0.15, 0.2) is 35.3 Å². The molecule has 0 aromatic carbocycles. The van der Waals surface area contributed by atoms with Gasteiger partial charge in [-0.15, -0.1) is 0 Å². The van der Waals surface area contributed by atoms with Crippen molar-refractivity contribution in [2.75, 3.05) is 19.7 Å². The number of piperidine rings is 1. The summed E-state index contributed by atoms with van der Waals surface area (Å²) in [5.74, 6) is 1.75. The number of hydrogen-bond donors (Lipinski definition) is 0. The topological polar surface area (TPSA) is 68.2 Å². The smallest absolute Gasteiger partial charge is 0.255 e. The van der Waals surface area contributed by atoms with Crippen molar-refractivity contribution < 1.29 is 9.53 Å². The SMILES string of the molecule is O=C(c1cncc(Br)c1)N1CCC(COc2cc(C3CC3)ncn2)CC1. The maximum absolute atomic E-state index is 12.6. The van der Waals surface area contributed by atoms with Gasteiger partial charge in [0.15, 0.2) is 0 Å². The minimum Gasteiger partial charge on any atom is -0.477 e. The van der Waals surface area contributed by atoms with Crippen LogP contribution < -0.4 is 4.74 Å². The van der Waals surface area contributed by atoms with Crippen LogP contribution in [0, 0.1) is 5.92 Å². The average molecular weight is 417 g/mol. The van der Waals surface area contributed by atoms with E-state index in [1.807, 2.05) is 17.0 Å². The Hall–Kier alpha value is -2.02. The largest absolute Gasteiger partial charge is 0.477 e. The Balaban J connectivity index is 1.27. The van der Waals surface area contributed by atoms with Gasteiger partial charge in [-0.3, -0.25) is 9.78 Å². The van der Waals surface area contributed by atoms with Crippen LogP contribution in [0.25, 0.3) is 0 Å². The number of halogens is 1. The van der Waals surface area contributed by atoms with Crippen molar-refractivity contribution in [3.05, 3.63) is 46.6 Å². The fourth-order valence-electron chi connectivity index (χ4n) is 3.25. The highest BCUT2D eigenvalue weighted by atomic mass is 79.9. The van der Waals surface area contributed by atoms with Crippen molar-refractivity contribution in [2.45, 2.75) is 31.6 Å². The Kier molecular flexibility index (Phi) is 5.15. The molecule has 0 atom stereocenters. The van der Waals surface area contributed by atoms with Gasteiger partial charge in [-0.25, -0.2) is 9.97 Å². The molecule has 2 aromatic rings. The number of ether oxygens (including phenoxy) is 1. The minimum absolute atomic E-state index is 0.0445. The van der Waals surface area contributed by atoms with Gasteiger partial charge in [0.1, 0.15) is 6.33 Å². The van der Waals surface area contributed by atoms with Crippen molar-refractivity contribution in [3.63, 3.8) is 0 Å².